The average molecular weight is 275 g/mol. The number of anilines is 1. The Balaban J connectivity index is 2.14. The molecular formula is C13H13N3O4. The number of aromatic nitrogens is 1. The van der Waals surface area contributed by atoms with Crippen molar-refractivity contribution in [2.45, 2.75) is 6.61 Å². The maximum Gasteiger partial charge on any atom is 0.314 e. The van der Waals surface area contributed by atoms with E-state index in [9.17, 15) is 10.1 Å². The predicted molar refractivity (Wildman–Crippen MR) is 72.6 cm³/mol. The van der Waals surface area contributed by atoms with Gasteiger partial charge in [0.25, 0.3) is 0 Å². The van der Waals surface area contributed by atoms with Crippen LogP contribution in [-0.2, 0) is 6.61 Å². The van der Waals surface area contributed by atoms with Crippen LogP contribution in [0.4, 0.5) is 11.4 Å². The zero-order valence-corrected chi connectivity index (χ0v) is 10.8. The van der Waals surface area contributed by atoms with Gasteiger partial charge in [0.05, 0.1) is 23.8 Å². The van der Waals surface area contributed by atoms with Crippen LogP contribution in [0.15, 0.2) is 36.5 Å². The van der Waals surface area contributed by atoms with Gasteiger partial charge in [0.1, 0.15) is 12.4 Å². The third kappa shape index (κ3) is 3.14. The van der Waals surface area contributed by atoms with E-state index in [4.69, 9.17) is 15.2 Å². The summed E-state index contributed by atoms with van der Waals surface area (Å²) >= 11 is 0. The normalized spacial score (nSPS) is 10.1. The molecule has 0 atom stereocenters. The average Bonchev–Trinajstić information content (AvgIpc) is 2.45. The van der Waals surface area contributed by atoms with Gasteiger partial charge in [-0.3, -0.25) is 15.1 Å². The number of rotatable bonds is 5. The number of methoxy groups -OCH3 is 1. The molecule has 0 aliphatic carbocycles. The van der Waals surface area contributed by atoms with Crippen LogP contribution in [0, 0.1) is 10.1 Å². The monoisotopic (exact) mass is 275 g/mol. The van der Waals surface area contributed by atoms with Gasteiger partial charge < -0.3 is 15.2 Å². The number of hydrogen-bond acceptors (Lipinski definition) is 6. The van der Waals surface area contributed by atoms with Crippen LogP contribution >= 0.6 is 0 Å². The number of ether oxygens (including phenoxy) is 2. The van der Waals surface area contributed by atoms with Crippen molar-refractivity contribution in [3.63, 3.8) is 0 Å². The van der Waals surface area contributed by atoms with Gasteiger partial charge in [-0.15, -0.1) is 0 Å². The van der Waals surface area contributed by atoms with E-state index < -0.39 is 4.92 Å². The Labute approximate surface area is 115 Å². The van der Waals surface area contributed by atoms with Gasteiger partial charge in [-0.05, 0) is 24.3 Å². The highest BCUT2D eigenvalue weighted by Crippen LogP contribution is 2.31. The van der Waals surface area contributed by atoms with Crippen LogP contribution in [0.1, 0.15) is 5.69 Å². The van der Waals surface area contributed by atoms with Crippen molar-refractivity contribution in [3.8, 4) is 11.5 Å². The Morgan fingerprint density at radius 2 is 2.15 bits per heavy atom. The summed E-state index contributed by atoms with van der Waals surface area (Å²) in [5, 5.41) is 10.9. The largest absolute Gasteiger partial charge is 0.490 e. The van der Waals surface area contributed by atoms with Crippen LogP contribution in [-0.4, -0.2) is 17.0 Å². The van der Waals surface area contributed by atoms with Crippen molar-refractivity contribution < 1.29 is 14.4 Å². The van der Waals surface area contributed by atoms with Gasteiger partial charge >= 0.3 is 5.69 Å². The van der Waals surface area contributed by atoms with E-state index in [1.165, 1.54) is 19.2 Å². The summed E-state index contributed by atoms with van der Waals surface area (Å²) in [4.78, 5) is 14.5. The molecule has 1 heterocycles. The third-order valence-corrected chi connectivity index (χ3v) is 2.57. The van der Waals surface area contributed by atoms with Crippen LogP contribution in [0.3, 0.4) is 0 Å². The molecule has 0 fully saturated rings. The molecular weight excluding hydrogens is 262 g/mol. The summed E-state index contributed by atoms with van der Waals surface area (Å²) in [5.74, 6) is 0.547. The maximum absolute atomic E-state index is 10.9. The summed E-state index contributed by atoms with van der Waals surface area (Å²) in [5.41, 5.74) is 6.71. The van der Waals surface area contributed by atoms with Gasteiger partial charge in [0.15, 0.2) is 5.75 Å². The number of nitrogen functional groups attached to an aromatic ring is 1. The smallest absolute Gasteiger partial charge is 0.314 e. The van der Waals surface area contributed by atoms with Crippen molar-refractivity contribution in [1.82, 2.24) is 4.98 Å². The van der Waals surface area contributed by atoms with Crippen LogP contribution in [0.5, 0.6) is 11.5 Å². The first-order valence-corrected chi connectivity index (χ1v) is 5.76. The molecule has 0 spiro atoms. The highest BCUT2D eigenvalue weighted by Gasteiger charge is 2.15. The van der Waals surface area contributed by atoms with E-state index in [2.05, 4.69) is 4.98 Å². The Kier molecular flexibility index (Phi) is 3.99. The molecule has 2 aromatic rings. The number of nitrogens with two attached hydrogens (primary N) is 1. The van der Waals surface area contributed by atoms with Crippen molar-refractivity contribution in [2.75, 3.05) is 12.8 Å². The van der Waals surface area contributed by atoms with E-state index in [0.29, 0.717) is 17.1 Å². The van der Waals surface area contributed by atoms with Gasteiger partial charge in [-0.2, -0.15) is 0 Å². The van der Waals surface area contributed by atoms with E-state index in [0.717, 1.165) is 0 Å². The molecule has 0 bridgehead atoms. The fourth-order valence-corrected chi connectivity index (χ4v) is 1.64. The third-order valence-electron chi connectivity index (χ3n) is 2.57. The van der Waals surface area contributed by atoms with E-state index in [1.807, 2.05) is 0 Å². The molecule has 0 aliphatic rings. The standard InChI is InChI=1S/C13H13N3O4/c1-19-13-3-2-11(7-12(13)16(17)18)20-8-10-6-9(14)4-5-15-10/h2-7H,8H2,1H3,(H2,14,15). The Morgan fingerprint density at radius 3 is 2.80 bits per heavy atom. The number of nitro benzene ring substituents is 1. The molecule has 0 saturated carbocycles. The zero-order chi connectivity index (χ0) is 14.5. The quantitative estimate of drug-likeness (QED) is 0.662. The number of nitrogens with zero attached hydrogens (tertiary/aromatic N) is 2. The van der Waals surface area contributed by atoms with Crippen molar-refractivity contribution in [3.05, 3.63) is 52.3 Å². The topological polar surface area (TPSA) is 101 Å². The molecule has 0 unspecified atom stereocenters. The summed E-state index contributed by atoms with van der Waals surface area (Å²) < 4.78 is 10.4. The Morgan fingerprint density at radius 1 is 1.35 bits per heavy atom. The Bertz CT molecular complexity index is 631. The van der Waals surface area contributed by atoms with E-state index in [1.54, 1.807) is 24.4 Å². The van der Waals surface area contributed by atoms with Gasteiger partial charge in [-0.1, -0.05) is 0 Å². The number of hydrogen-bond donors (Lipinski definition) is 1. The predicted octanol–water partition coefficient (Wildman–Crippen LogP) is 2.16. The fraction of sp³-hybridized carbons (Fsp3) is 0.154. The summed E-state index contributed by atoms with van der Waals surface area (Å²) in [6, 6.07) is 7.74. The minimum atomic E-state index is -0.523. The lowest BCUT2D eigenvalue weighted by molar-refractivity contribution is -0.385. The number of pyridine rings is 1. The first-order valence-electron chi connectivity index (χ1n) is 5.76. The second-order valence-corrected chi connectivity index (χ2v) is 3.96. The minimum absolute atomic E-state index is 0.148. The fourth-order valence-electron chi connectivity index (χ4n) is 1.64. The van der Waals surface area contributed by atoms with Crippen LogP contribution in [0.25, 0.3) is 0 Å². The SMILES string of the molecule is COc1ccc(OCc2cc(N)ccn2)cc1[N+](=O)[O-]. The first kappa shape index (κ1) is 13.6. The molecule has 1 aromatic heterocycles. The molecule has 2 N–H and O–H groups in total. The molecule has 0 aliphatic heterocycles. The highest BCUT2D eigenvalue weighted by molar-refractivity contribution is 5.50. The summed E-state index contributed by atoms with van der Waals surface area (Å²) in [6.45, 7) is 0.175. The second kappa shape index (κ2) is 5.87. The van der Waals surface area contributed by atoms with Crippen LogP contribution in [0.2, 0.25) is 0 Å². The highest BCUT2D eigenvalue weighted by atomic mass is 16.6. The molecule has 2 rings (SSSR count). The molecule has 7 nitrogen and oxygen atoms in total. The minimum Gasteiger partial charge on any atom is -0.490 e. The second-order valence-electron chi connectivity index (χ2n) is 3.96. The molecule has 1 aromatic carbocycles. The van der Waals surface area contributed by atoms with Crippen molar-refractivity contribution in [1.29, 1.82) is 0 Å². The molecule has 0 radical (unpaired) electrons. The molecule has 20 heavy (non-hydrogen) atoms. The van der Waals surface area contributed by atoms with Crippen molar-refractivity contribution >= 4 is 11.4 Å². The van der Waals surface area contributed by atoms with E-state index >= 15 is 0 Å². The molecule has 7 heteroatoms. The van der Waals surface area contributed by atoms with E-state index in [-0.39, 0.29) is 18.0 Å². The first-order chi connectivity index (χ1) is 9.60. The van der Waals surface area contributed by atoms with Gasteiger partial charge in [0.2, 0.25) is 0 Å². The molecule has 104 valence electrons. The maximum atomic E-state index is 10.9. The number of nitro groups is 1. The van der Waals surface area contributed by atoms with Gasteiger partial charge in [0, 0.05) is 11.9 Å². The lowest BCUT2D eigenvalue weighted by atomic mass is 10.3. The number of benzene rings is 1. The zero-order valence-electron chi connectivity index (χ0n) is 10.8. The summed E-state index contributed by atoms with van der Waals surface area (Å²) in [7, 11) is 1.37. The van der Waals surface area contributed by atoms with Crippen LogP contribution < -0.4 is 15.2 Å². The molecule has 0 saturated heterocycles. The molecule has 0 amide bonds. The Hall–Kier alpha value is -2.83. The van der Waals surface area contributed by atoms with Gasteiger partial charge in [-0.25, -0.2) is 0 Å². The lowest BCUT2D eigenvalue weighted by Crippen LogP contribution is -2.00. The van der Waals surface area contributed by atoms with Crippen molar-refractivity contribution in [2.24, 2.45) is 0 Å². The lowest BCUT2D eigenvalue weighted by Gasteiger charge is -2.07. The summed E-state index contributed by atoms with van der Waals surface area (Å²) in [6.07, 6.45) is 1.57.